The number of ether oxygens (including phenoxy) is 2. The maximum Gasteiger partial charge on any atom is 0.191 e. The van der Waals surface area contributed by atoms with E-state index in [1.54, 1.807) is 7.11 Å². The first-order chi connectivity index (χ1) is 9.76. The molecule has 0 amide bonds. The van der Waals surface area contributed by atoms with Gasteiger partial charge in [0.25, 0.3) is 0 Å². The summed E-state index contributed by atoms with van der Waals surface area (Å²) in [5.74, 6) is 0.899. The molecule has 1 aliphatic rings. The fourth-order valence-electron chi connectivity index (χ4n) is 2.46. The third kappa shape index (κ3) is 6.09. The highest BCUT2D eigenvalue weighted by Gasteiger charge is 2.36. The molecule has 2 N–H and O–H groups in total. The minimum absolute atomic E-state index is 0.373. The zero-order chi connectivity index (χ0) is 14.7. The van der Waals surface area contributed by atoms with Crippen LogP contribution in [0.2, 0.25) is 0 Å². The molecule has 5 nitrogen and oxygen atoms in total. The van der Waals surface area contributed by atoms with Crippen molar-refractivity contribution in [2.24, 2.45) is 10.4 Å². The number of methoxy groups -OCH3 is 1. The molecular weight excluding hydrogens is 254 g/mol. The summed E-state index contributed by atoms with van der Waals surface area (Å²) in [7, 11) is 1.77. The fourth-order valence-corrected chi connectivity index (χ4v) is 2.46. The van der Waals surface area contributed by atoms with E-state index in [1.807, 2.05) is 6.92 Å². The normalized spacial score (nSPS) is 17.6. The van der Waals surface area contributed by atoms with Crippen molar-refractivity contribution in [3.05, 3.63) is 0 Å². The van der Waals surface area contributed by atoms with E-state index >= 15 is 0 Å². The number of guanidine groups is 1. The van der Waals surface area contributed by atoms with Gasteiger partial charge in [-0.25, -0.2) is 0 Å². The molecule has 1 aliphatic carbocycles. The fraction of sp³-hybridized carbons (Fsp3) is 0.933. The molecule has 0 aromatic rings. The number of nitrogens with one attached hydrogen (secondary N) is 2. The average molecular weight is 285 g/mol. The van der Waals surface area contributed by atoms with Gasteiger partial charge in [0, 0.05) is 40.0 Å². The SMILES string of the molecule is CCNC(=NCC1(CCOC)CCC1)NCCOCC. The minimum Gasteiger partial charge on any atom is -0.385 e. The van der Waals surface area contributed by atoms with Crippen molar-refractivity contribution < 1.29 is 9.47 Å². The number of rotatable bonds is 10. The van der Waals surface area contributed by atoms with E-state index in [4.69, 9.17) is 14.5 Å². The molecule has 0 aromatic carbocycles. The van der Waals surface area contributed by atoms with E-state index in [0.29, 0.717) is 5.41 Å². The second-order valence-corrected chi connectivity index (χ2v) is 5.42. The second kappa shape index (κ2) is 10.00. The maximum atomic E-state index is 5.33. The molecule has 1 fully saturated rings. The van der Waals surface area contributed by atoms with Gasteiger partial charge in [0.2, 0.25) is 0 Å². The predicted molar refractivity (Wildman–Crippen MR) is 83.3 cm³/mol. The van der Waals surface area contributed by atoms with Crippen LogP contribution < -0.4 is 10.6 Å². The van der Waals surface area contributed by atoms with Crippen LogP contribution in [0, 0.1) is 5.41 Å². The number of aliphatic imine (C=N–C) groups is 1. The molecule has 20 heavy (non-hydrogen) atoms. The highest BCUT2D eigenvalue weighted by atomic mass is 16.5. The Labute approximate surface area is 123 Å². The van der Waals surface area contributed by atoms with Crippen LogP contribution in [0.1, 0.15) is 39.5 Å². The van der Waals surface area contributed by atoms with Crippen LogP contribution in [0.4, 0.5) is 0 Å². The molecule has 118 valence electrons. The summed E-state index contributed by atoms with van der Waals surface area (Å²) in [5, 5.41) is 6.60. The van der Waals surface area contributed by atoms with Gasteiger partial charge in [-0.2, -0.15) is 0 Å². The highest BCUT2D eigenvalue weighted by molar-refractivity contribution is 5.79. The maximum absolute atomic E-state index is 5.33. The van der Waals surface area contributed by atoms with Crippen LogP contribution in [-0.2, 0) is 9.47 Å². The zero-order valence-electron chi connectivity index (χ0n) is 13.3. The van der Waals surface area contributed by atoms with Crippen molar-refractivity contribution in [2.75, 3.05) is 46.6 Å². The summed E-state index contributed by atoms with van der Waals surface area (Å²) < 4.78 is 10.6. The lowest BCUT2D eigenvalue weighted by Gasteiger charge is -2.40. The molecule has 0 atom stereocenters. The molecule has 1 saturated carbocycles. The molecule has 1 rings (SSSR count). The van der Waals surface area contributed by atoms with Crippen LogP contribution in [0.3, 0.4) is 0 Å². The quantitative estimate of drug-likeness (QED) is 0.365. The van der Waals surface area contributed by atoms with Gasteiger partial charge in [-0.1, -0.05) is 6.42 Å². The van der Waals surface area contributed by atoms with Crippen molar-refractivity contribution in [2.45, 2.75) is 39.5 Å². The standard InChI is InChI=1S/C15H31N3O2/c1-4-16-14(17-10-12-20-5-2)18-13-15(7-6-8-15)9-11-19-3/h4-13H2,1-3H3,(H2,16,17,18). The minimum atomic E-state index is 0.373. The van der Waals surface area contributed by atoms with E-state index in [1.165, 1.54) is 19.3 Å². The van der Waals surface area contributed by atoms with Crippen molar-refractivity contribution in [3.8, 4) is 0 Å². The number of nitrogens with zero attached hydrogens (tertiary/aromatic N) is 1. The Balaban J connectivity index is 2.39. The third-order valence-corrected chi connectivity index (χ3v) is 3.91. The van der Waals surface area contributed by atoms with Gasteiger partial charge in [0.1, 0.15) is 0 Å². The average Bonchev–Trinajstić information content (AvgIpc) is 2.41. The van der Waals surface area contributed by atoms with Crippen molar-refractivity contribution >= 4 is 5.96 Å². The van der Waals surface area contributed by atoms with Crippen molar-refractivity contribution in [1.82, 2.24) is 10.6 Å². The summed E-state index contributed by atoms with van der Waals surface area (Å²) in [6.07, 6.45) is 5.00. The van der Waals surface area contributed by atoms with Crippen LogP contribution >= 0.6 is 0 Å². The second-order valence-electron chi connectivity index (χ2n) is 5.42. The Morgan fingerprint density at radius 2 is 2.00 bits per heavy atom. The largest absolute Gasteiger partial charge is 0.385 e. The number of hydrogen-bond donors (Lipinski definition) is 2. The Kier molecular flexibility index (Phi) is 8.62. The summed E-state index contributed by atoms with van der Waals surface area (Å²) in [6.45, 7) is 8.98. The van der Waals surface area contributed by atoms with Crippen LogP contribution in [-0.4, -0.2) is 52.5 Å². The summed E-state index contributed by atoms with van der Waals surface area (Å²) in [4.78, 5) is 4.74. The predicted octanol–water partition coefficient (Wildman–Crippen LogP) is 1.78. The molecule has 0 bridgehead atoms. The monoisotopic (exact) mass is 285 g/mol. The lowest BCUT2D eigenvalue weighted by Crippen LogP contribution is -2.41. The smallest absolute Gasteiger partial charge is 0.191 e. The van der Waals surface area contributed by atoms with Crippen LogP contribution in [0.15, 0.2) is 4.99 Å². The van der Waals surface area contributed by atoms with Gasteiger partial charge in [0.15, 0.2) is 5.96 Å². The lowest BCUT2D eigenvalue weighted by atomic mass is 9.67. The van der Waals surface area contributed by atoms with E-state index in [0.717, 1.165) is 51.8 Å². The van der Waals surface area contributed by atoms with Gasteiger partial charge in [-0.15, -0.1) is 0 Å². The Bertz CT molecular complexity index is 278. The molecular formula is C15H31N3O2. The van der Waals surface area contributed by atoms with E-state index in [-0.39, 0.29) is 0 Å². The van der Waals surface area contributed by atoms with E-state index in [2.05, 4.69) is 17.6 Å². The van der Waals surface area contributed by atoms with Gasteiger partial charge >= 0.3 is 0 Å². The molecule has 0 aromatic heterocycles. The zero-order valence-corrected chi connectivity index (χ0v) is 13.3. The highest BCUT2D eigenvalue weighted by Crippen LogP contribution is 2.44. The summed E-state index contributed by atoms with van der Waals surface area (Å²) >= 11 is 0. The van der Waals surface area contributed by atoms with E-state index < -0.39 is 0 Å². The Morgan fingerprint density at radius 1 is 1.20 bits per heavy atom. The molecule has 0 saturated heterocycles. The van der Waals surface area contributed by atoms with Gasteiger partial charge in [-0.3, -0.25) is 4.99 Å². The number of hydrogen-bond acceptors (Lipinski definition) is 3. The van der Waals surface area contributed by atoms with Crippen molar-refractivity contribution in [1.29, 1.82) is 0 Å². The summed E-state index contributed by atoms with van der Waals surface area (Å²) in [6, 6.07) is 0. The topological polar surface area (TPSA) is 54.9 Å². The van der Waals surface area contributed by atoms with Gasteiger partial charge in [-0.05, 0) is 38.5 Å². The van der Waals surface area contributed by atoms with Gasteiger partial charge in [0.05, 0.1) is 6.61 Å². The van der Waals surface area contributed by atoms with Crippen LogP contribution in [0.25, 0.3) is 0 Å². The molecule has 0 unspecified atom stereocenters. The molecule has 0 heterocycles. The molecule has 5 heteroatoms. The molecule has 0 radical (unpaired) electrons. The lowest BCUT2D eigenvalue weighted by molar-refractivity contribution is 0.0778. The first-order valence-corrected chi connectivity index (χ1v) is 7.85. The Morgan fingerprint density at radius 3 is 2.55 bits per heavy atom. The molecule has 0 aliphatic heterocycles. The van der Waals surface area contributed by atoms with Crippen LogP contribution in [0.5, 0.6) is 0 Å². The summed E-state index contributed by atoms with van der Waals surface area (Å²) in [5.41, 5.74) is 0.373. The van der Waals surface area contributed by atoms with Gasteiger partial charge < -0.3 is 20.1 Å². The first kappa shape index (κ1) is 17.2. The third-order valence-electron chi connectivity index (χ3n) is 3.91. The van der Waals surface area contributed by atoms with E-state index in [9.17, 15) is 0 Å². The Hall–Kier alpha value is -0.810. The first-order valence-electron chi connectivity index (χ1n) is 7.85. The molecule has 0 spiro atoms. The van der Waals surface area contributed by atoms with Crippen molar-refractivity contribution in [3.63, 3.8) is 0 Å².